The van der Waals surface area contributed by atoms with E-state index in [2.05, 4.69) is 12.2 Å². The lowest BCUT2D eigenvalue weighted by molar-refractivity contribution is -0.119. The molecule has 2 aromatic rings. The van der Waals surface area contributed by atoms with E-state index in [1.54, 1.807) is 4.90 Å². The van der Waals surface area contributed by atoms with Gasteiger partial charge in [-0.05, 0) is 61.2 Å². The quantitative estimate of drug-likeness (QED) is 0.924. The number of rotatable bonds is 4. The molecule has 1 atom stereocenters. The third-order valence-corrected chi connectivity index (χ3v) is 4.54. The molecular formula is C20H21FN2O2. The third-order valence-electron chi connectivity index (χ3n) is 4.54. The normalized spacial score (nSPS) is 16.7. The van der Waals surface area contributed by atoms with E-state index in [0.29, 0.717) is 18.5 Å². The van der Waals surface area contributed by atoms with Crippen LogP contribution in [0.3, 0.4) is 0 Å². The van der Waals surface area contributed by atoms with Crippen LogP contribution in [0.25, 0.3) is 0 Å². The molecule has 3 rings (SSSR count). The number of benzene rings is 2. The van der Waals surface area contributed by atoms with E-state index in [1.807, 2.05) is 24.3 Å². The maximum absolute atomic E-state index is 13.0. The summed E-state index contributed by atoms with van der Waals surface area (Å²) in [7, 11) is 0. The zero-order chi connectivity index (χ0) is 17.8. The number of aryl methyl sites for hydroxylation is 1. The number of carbonyl (C=O) groups excluding carboxylic acids is 2. The molecule has 25 heavy (non-hydrogen) atoms. The van der Waals surface area contributed by atoms with Gasteiger partial charge in [0.2, 0.25) is 5.91 Å². The van der Waals surface area contributed by atoms with Crippen LogP contribution < -0.4 is 5.32 Å². The van der Waals surface area contributed by atoms with Gasteiger partial charge in [0.1, 0.15) is 11.9 Å². The van der Waals surface area contributed by atoms with E-state index in [4.69, 9.17) is 0 Å². The number of carbonyl (C=O) groups is 2. The van der Waals surface area contributed by atoms with Crippen LogP contribution in [0.1, 0.15) is 35.7 Å². The summed E-state index contributed by atoms with van der Waals surface area (Å²) in [5.41, 5.74) is 2.32. The molecular weight excluding hydrogens is 319 g/mol. The summed E-state index contributed by atoms with van der Waals surface area (Å²) in [4.78, 5) is 26.8. The summed E-state index contributed by atoms with van der Waals surface area (Å²) in [6.45, 7) is 2.61. The molecule has 1 N–H and O–H groups in total. The molecule has 0 spiro atoms. The zero-order valence-electron chi connectivity index (χ0n) is 14.2. The monoisotopic (exact) mass is 340 g/mol. The molecule has 1 saturated heterocycles. The summed E-state index contributed by atoms with van der Waals surface area (Å²) < 4.78 is 13.0. The van der Waals surface area contributed by atoms with Gasteiger partial charge in [0, 0.05) is 17.8 Å². The van der Waals surface area contributed by atoms with Gasteiger partial charge in [0.15, 0.2) is 0 Å². The Bertz CT molecular complexity index is 756. The highest BCUT2D eigenvalue weighted by Crippen LogP contribution is 2.22. The summed E-state index contributed by atoms with van der Waals surface area (Å²) in [6, 6.07) is 12.6. The average molecular weight is 340 g/mol. The molecule has 2 aromatic carbocycles. The first kappa shape index (κ1) is 17.1. The number of hydrogen-bond acceptors (Lipinski definition) is 2. The minimum Gasteiger partial charge on any atom is -0.327 e. The Balaban J connectivity index is 1.70. The van der Waals surface area contributed by atoms with Crippen LogP contribution in [-0.2, 0) is 11.2 Å². The second-order valence-electron chi connectivity index (χ2n) is 6.20. The molecule has 1 fully saturated rings. The van der Waals surface area contributed by atoms with Crippen molar-refractivity contribution in [1.29, 1.82) is 0 Å². The van der Waals surface area contributed by atoms with Crippen LogP contribution in [0.15, 0.2) is 48.5 Å². The lowest BCUT2D eigenvalue weighted by atomic mass is 10.1. The first-order chi connectivity index (χ1) is 12.1. The van der Waals surface area contributed by atoms with Gasteiger partial charge in [-0.1, -0.05) is 19.1 Å². The SMILES string of the molecule is CCc1ccc(NC(=O)C2CCCN2C(=O)c2ccc(F)cc2)cc1. The lowest BCUT2D eigenvalue weighted by Gasteiger charge is -2.24. The molecule has 0 bridgehead atoms. The molecule has 5 heteroatoms. The zero-order valence-corrected chi connectivity index (χ0v) is 14.2. The first-order valence-corrected chi connectivity index (χ1v) is 8.55. The first-order valence-electron chi connectivity index (χ1n) is 8.55. The largest absolute Gasteiger partial charge is 0.327 e. The van der Waals surface area contributed by atoms with Crippen LogP contribution in [0.5, 0.6) is 0 Å². The minimum absolute atomic E-state index is 0.183. The number of likely N-dealkylation sites (tertiary alicyclic amines) is 1. The predicted molar refractivity (Wildman–Crippen MR) is 94.9 cm³/mol. The van der Waals surface area contributed by atoms with Crippen molar-refractivity contribution in [2.45, 2.75) is 32.2 Å². The van der Waals surface area contributed by atoms with Gasteiger partial charge in [-0.25, -0.2) is 4.39 Å². The van der Waals surface area contributed by atoms with Gasteiger partial charge in [0.05, 0.1) is 0 Å². The number of hydrogen-bond donors (Lipinski definition) is 1. The Morgan fingerprint density at radius 2 is 1.80 bits per heavy atom. The molecule has 2 amide bonds. The topological polar surface area (TPSA) is 49.4 Å². The second-order valence-corrected chi connectivity index (χ2v) is 6.20. The van der Waals surface area contributed by atoms with Crippen molar-refractivity contribution in [2.75, 3.05) is 11.9 Å². The third kappa shape index (κ3) is 3.87. The molecule has 1 heterocycles. The average Bonchev–Trinajstić information content (AvgIpc) is 3.12. The minimum atomic E-state index is -0.497. The van der Waals surface area contributed by atoms with Gasteiger partial charge >= 0.3 is 0 Å². The molecule has 0 aromatic heterocycles. The van der Waals surface area contributed by atoms with Crippen molar-refractivity contribution in [2.24, 2.45) is 0 Å². The summed E-state index contributed by atoms with van der Waals surface area (Å²) >= 11 is 0. The van der Waals surface area contributed by atoms with Gasteiger partial charge in [-0.2, -0.15) is 0 Å². The van der Waals surface area contributed by atoms with Crippen molar-refractivity contribution in [1.82, 2.24) is 4.90 Å². The van der Waals surface area contributed by atoms with E-state index < -0.39 is 6.04 Å². The smallest absolute Gasteiger partial charge is 0.254 e. The number of anilines is 1. The number of nitrogens with one attached hydrogen (secondary N) is 1. The molecule has 0 saturated carbocycles. The van der Waals surface area contributed by atoms with Gasteiger partial charge in [0.25, 0.3) is 5.91 Å². The van der Waals surface area contributed by atoms with Gasteiger partial charge < -0.3 is 10.2 Å². The van der Waals surface area contributed by atoms with Crippen molar-refractivity contribution in [3.63, 3.8) is 0 Å². The molecule has 1 unspecified atom stereocenters. The van der Waals surface area contributed by atoms with Crippen molar-refractivity contribution < 1.29 is 14.0 Å². The molecule has 0 radical (unpaired) electrons. The van der Waals surface area contributed by atoms with Crippen LogP contribution in [-0.4, -0.2) is 29.3 Å². The van der Waals surface area contributed by atoms with Crippen molar-refractivity contribution in [3.8, 4) is 0 Å². The van der Waals surface area contributed by atoms with E-state index in [0.717, 1.165) is 18.5 Å². The van der Waals surface area contributed by atoms with E-state index in [9.17, 15) is 14.0 Å². The Kier molecular flexibility index (Phi) is 5.12. The number of amides is 2. The van der Waals surface area contributed by atoms with Crippen LogP contribution in [0, 0.1) is 5.82 Å². The molecule has 130 valence electrons. The summed E-state index contributed by atoms with van der Waals surface area (Å²) in [5, 5.41) is 2.89. The maximum Gasteiger partial charge on any atom is 0.254 e. The van der Waals surface area contributed by atoms with Crippen molar-refractivity contribution in [3.05, 3.63) is 65.5 Å². The van der Waals surface area contributed by atoms with Crippen LogP contribution >= 0.6 is 0 Å². The molecule has 0 aliphatic carbocycles. The summed E-state index contributed by atoms with van der Waals surface area (Å²) in [5.74, 6) is -0.806. The maximum atomic E-state index is 13.0. The predicted octanol–water partition coefficient (Wildman–Crippen LogP) is 3.63. The van der Waals surface area contributed by atoms with Gasteiger partial charge in [-0.15, -0.1) is 0 Å². The highest BCUT2D eigenvalue weighted by molar-refractivity contribution is 6.01. The molecule has 1 aliphatic heterocycles. The van der Waals surface area contributed by atoms with Crippen molar-refractivity contribution >= 4 is 17.5 Å². The van der Waals surface area contributed by atoms with E-state index in [-0.39, 0.29) is 17.6 Å². The van der Waals surface area contributed by atoms with Gasteiger partial charge in [-0.3, -0.25) is 9.59 Å². The van der Waals surface area contributed by atoms with E-state index in [1.165, 1.54) is 29.8 Å². The van der Waals surface area contributed by atoms with E-state index >= 15 is 0 Å². The molecule has 1 aliphatic rings. The lowest BCUT2D eigenvalue weighted by Crippen LogP contribution is -2.43. The fourth-order valence-corrected chi connectivity index (χ4v) is 3.09. The highest BCUT2D eigenvalue weighted by atomic mass is 19.1. The Morgan fingerprint density at radius 1 is 1.12 bits per heavy atom. The molecule has 4 nitrogen and oxygen atoms in total. The Labute approximate surface area is 146 Å². The standard InChI is InChI=1S/C20H21FN2O2/c1-2-14-5-11-17(12-6-14)22-19(24)18-4-3-13-23(18)20(25)15-7-9-16(21)10-8-15/h5-12,18H,2-4,13H2,1H3,(H,22,24). The fourth-order valence-electron chi connectivity index (χ4n) is 3.09. The number of halogens is 1. The second kappa shape index (κ2) is 7.47. The fraction of sp³-hybridized carbons (Fsp3) is 0.300. The Morgan fingerprint density at radius 3 is 2.44 bits per heavy atom. The Hall–Kier alpha value is -2.69. The highest BCUT2D eigenvalue weighted by Gasteiger charge is 2.34. The van der Waals surface area contributed by atoms with Crippen LogP contribution in [0.2, 0.25) is 0 Å². The summed E-state index contributed by atoms with van der Waals surface area (Å²) in [6.07, 6.45) is 2.35. The number of nitrogens with zero attached hydrogens (tertiary/aromatic N) is 1. The van der Waals surface area contributed by atoms with Crippen LogP contribution in [0.4, 0.5) is 10.1 Å².